The van der Waals surface area contributed by atoms with Crippen LogP contribution in [0.15, 0.2) is 24.4 Å². The lowest BCUT2D eigenvalue weighted by Crippen LogP contribution is -2.37. The van der Waals surface area contributed by atoms with Crippen molar-refractivity contribution in [1.29, 1.82) is 0 Å². The highest BCUT2D eigenvalue weighted by Crippen LogP contribution is 2.21. The minimum Gasteiger partial charge on any atom is -0.378 e. The van der Waals surface area contributed by atoms with Crippen molar-refractivity contribution in [2.24, 2.45) is 0 Å². The number of rotatable bonds is 4. The Morgan fingerprint density at radius 1 is 1.04 bits per heavy atom. The Morgan fingerprint density at radius 3 is 2.82 bits per heavy atom. The molecule has 1 unspecified atom stereocenters. The fourth-order valence-electron chi connectivity index (χ4n) is 3.71. The average Bonchev–Trinajstić information content (AvgIpc) is 3.35. The van der Waals surface area contributed by atoms with E-state index in [4.69, 9.17) is 9.72 Å². The zero-order chi connectivity index (χ0) is 18.9. The van der Waals surface area contributed by atoms with Gasteiger partial charge in [-0.3, -0.25) is 0 Å². The van der Waals surface area contributed by atoms with Gasteiger partial charge in [0.1, 0.15) is 11.6 Å². The van der Waals surface area contributed by atoms with Crippen LogP contribution in [0, 0.1) is 6.92 Å². The van der Waals surface area contributed by atoms with E-state index in [0.717, 1.165) is 68.9 Å². The fraction of sp³-hybridized carbons (Fsp3) is 0.500. The van der Waals surface area contributed by atoms with E-state index >= 15 is 0 Å². The Bertz CT molecular complexity index is 969. The summed E-state index contributed by atoms with van der Waals surface area (Å²) in [4.78, 5) is 13.6. The third-order valence-corrected chi connectivity index (χ3v) is 5.23. The molecule has 0 radical (unpaired) electrons. The Kier molecular flexibility index (Phi) is 4.40. The molecule has 1 atom stereocenters. The van der Waals surface area contributed by atoms with Crippen molar-refractivity contribution < 1.29 is 4.74 Å². The van der Waals surface area contributed by atoms with Crippen LogP contribution in [-0.4, -0.2) is 75.2 Å². The first kappa shape index (κ1) is 17.1. The second kappa shape index (κ2) is 7.19. The van der Waals surface area contributed by atoms with Crippen molar-refractivity contribution in [2.45, 2.75) is 19.4 Å². The molecule has 3 aromatic rings. The van der Waals surface area contributed by atoms with Gasteiger partial charge in [0, 0.05) is 38.4 Å². The van der Waals surface area contributed by atoms with E-state index < -0.39 is 0 Å². The normalized spacial score (nSPS) is 20.1. The first-order valence-electron chi connectivity index (χ1n) is 9.62. The highest BCUT2D eigenvalue weighted by atomic mass is 16.5. The number of nitrogens with one attached hydrogen (secondary N) is 1. The van der Waals surface area contributed by atoms with Gasteiger partial charge >= 0.3 is 0 Å². The van der Waals surface area contributed by atoms with Gasteiger partial charge in [-0.2, -0.15) is 9.50 Å². The summed E-state index contributed by atoms with van der Waals surface area (Å²) in [6.07, 6.45) is 2.82. The van der Waals surface area contributed by atoms with Crippen LogP contribution in [0.3, 0.4) is 0 Å². The maximum absolute atomic E-state index is 5.42. The summed E-state index contributed by atoms with van der Waals surface area (Å²) >= 11 is 0. The third-order valence-electron chi connectivity index (χ3n) is 5.23. The molecule has 2 fully saturated rings. The maximum atomic E-state index is 5.42. The zero-order valence-corrected chi connectivity index (χ0v) is 15.8. The van der Waals surface area contributed by atoms with E-state index in [9.17, 15) is 0 Å². The van der Waals surface area contributed by atoms with Crippen molar-refractivity contribution in [3.05, 3.63) is 30.2 Å². The Labute approximate surface area is 162 Å². The van der Waals surface area contributed by atoms with Gasteiger partial charge in [0.05, 0.1) is 13.2 Å². The largest absolute Gasteiger partial charge is 0.378 e. The van der Waals surface area contributed by atoms with Gasteiger partial charge in [-0.15, -0.1) is 15.3 Å². The van der Waals surface area contributed by atoms with Gasteiger partial charge in [0.25, 0.3) is 0 Å². The number of fused-ring (bicyclic) bond motifs is 1. The quantitative estimate of drug-likeness (QED) is 0.702. The summed E-state index contributed by atoms with van der Waals surface area (Å²) in [5, 5.41) is 16.3. The number of aryl methyl sites for hydroxylation is 1. The Hall–Kier alpha value is -3.01. The predicted octanol–water partition coefficient (Wildman–Crippen LogP) is 0.750. The molecule has 1 N–H and O–H groups in total. The van der Waals surface area contributed by atoms with Crippen LogP contribution in [0.2, 0.25) is 0 Å². The first-order valence-corrected chi connectivity index (χ1v) is 9.62. The molecule has 5 heterocycles. The molecule has 2 aliphatic rings. The highest BCUT2D eigenvalue weighted by Gasteiger charge is 2.25. The zero-order valence-electron chi connectivity index (χ0n) is 15.8. The topological polar surface area (TPSA) is 96.6 Å². The molecule has 2 saturated heterocycles. The molecule has 0 bridgehead atoms. The number of aromatic nitrogens is 6. The van der Waals surface area contributed by atoms with E-state index in [1.165, 1.54) is 0 Å². The number of ether oxygens (including phenoxy) is 1. The van der Waals surface area contributed by atoms with Crippen LogP contribution < -0.4 is 15.1 Å². The predicted molar refractivity (Wildman–Crippen MR) is 105 cm³/mol. The van der Waals surface area contributed by atoms with Gasteiger partial charge in [-0.05, 0) is 31.5 Å². The van der Waals surface area contributed by atoms with Crippen molar-refractivity contribution >= 4 is 23.2 Å². The minimum absolute atomic E-state index is 0.277. The second-order valence-electron chi connectivity index (χ2n) is 7.12. The highest BCUT2D eigenvalue weighted by molar-refractivity contribution is 5.48. The van der Waals surface area contributed by atoms with Crippen molar-refractivity contribution in [2.75, 3.05) is 54.5 Å². The molecule has 0 amide bonds. The first-order chi connectivity index (χ1) is 13.8. The van der Waals surface area contributed by atoms with Crippen LogP contribution in [0.4, 0.5) is 17.6 Å². The van der Waals surface area contributed by atoms with Crippen molar-refractivity contribution in [3.8, 4) is 0 Å². The fourth-order valence-corrected chi connectivity index (χ4v) is 3.71. The summed E-state index contributed by atoms with van der Waals surface area (Å²) in [5.41, 5.74) is 0.767. The number of anilines is 3. The molecule has 0 aromatic carbocycles. The van der Waals surface area contributed by atoms with E-state index in [1.54, 1.807) is 4.52 Å². The van der Waals surface area contributed by atoms with Crippen LogP contribution in [0.1, 0.15) is 12.2 Å². The van der Waals surface area contributed by atoms with Crippen molar-refractivity contribution in [3.63, 3.8) is 0 Å². The molecule has 5 rings (SSSR count). The SMILES string of the molecule is Cc1nnc2ccc(N3CCC(Nc4nccc(N5CCOCC5)n4)C3)nn12. The summed E-state index contributed by atoms with van der Waals surface area (Å²) in [6.45, 7) is 6.91. The monoisotopic (exact) mass is 381 g/mol. The Morgan fingerprint density at radius 2 is 1.93 bits per heavy atom. The molecule has 10 nitrogen and oxygen atoms in total. The molecule has 0 saturated carbocycles. The molecular weight excluding hydrogens is 358 g/mol. The van der Waals surface area contributed by atoms with E-state index in [0.29, 0.717) is 5.95 Å². The van der Waals surface area contributed by atoms with Gasteiger partial charge in [0.2, 0.25) is 5.95 Å². The average molecular weight is 381 g/mol. The number of hydrogen-bond donors (Lipinski definition) is 1. The minimum atomic E-state index is 0.277. The number of morpholine rings is 1. The second-order valence-corrected chi connectivity index (χ2v) is 7.12. The van der Waals surface area contributed by atoms with Gasteiger partial charge in [-0.25, -0.2) is 4.98 Å². The lowest BCUT2D eigenvalue weighted by molar-refractivity contribution is 0.122. The third kappa shape index (κ3) is 3.31. The van der Waals surface area contributed by atoms with E-state index in [-0.39, 0.29) is 6.04 Å². The molecule has 0 spiro atoms. The van der Waals surface area contributed by atoms with Crippen LogP contribution in [0.5, 0.6) is 0 Å². The summed E-state index contributed by atoms with van der Waals surface area (Å²) in [6, 6.07) is 6.19. The summed E-state index contributed by atoms with van der Waals surface area (Å²) in [5.74, 6) is 3.35. The molecule has 146 valence electrons. The van der Waals surface area contributed by atoms with Crippen molar-refractivity contribution in [1.82, 2.24) is 29.8 Å². The summed E-state index contributed by atoms with van der Waals surface area (Å²) < 4.78 is 7.20. The van der Waals surface area contributed by atoms with Gasteiger partial charge in [0.15, 0.2) is 11.5 Å². The Balaban J connectivity index is 1.26. The lowest BCUT2D eigenvalue weighted by Gasteiger charge is -2.28. The molecule has 28 heavy (non-hydrogen) atoms. The van der Waals surface area contributed by atoms with Crippen LogP contribution in [-0.2, 0) is 4.74 Å². The smallest absolute Gasteiger partial charge is 0.224 e. The molecule has 0 aliphatic carbocycles. The van der Waals surface area contributed by atoms with Gasteiger partial charge in [-0.1, -0.05) is 0 Å². The van der Waals surface area contributed by atoms with E-state index in [1.807, 2.05) is 31.3 Å². The number of nitrogens with zero attached hydrogens (tertiary/aromatic N) is 8. The van der Waals surface area contributed by atoms with Gasteiger partial charge < -0.3 is 19.9 Å². The van der Waals surface area contributed by atoms with E-state index in [2.05, 4.69) is 35.4 Å². The molecule has 2 aliphatic heterocycles. The van der Waals surface area contributed by atoms with Crippen LogP contribution in [0.25, 0.3) is 5.65 Å². The standard InChI is InChI=1S/C18H23N9O/c1-13-22-23-16-2-3-17(24-27(13)16)26-7-5-14(12-26)20-18-19-6-4-15(21-18)25-8-10-28-11-9-25/h2-4,6,14H,5,7-12H2,1H3,(H,19,20,21). The molecule has 3 aromatic heterocycles. The molecule has 10 heteroatoms. The number of hydrogen-bond acceptors (Lipinski definition) is 9. The summed E-state index contributed by atoms with van der Waals surface area (Å²) in [7, 11) is 0. The van der Waals surface area contributed by atoms with Crippen LogP contribution >= 0.6 is 0 Å². The lowest BCUT2D eigenvalue weighted by atomic mass is 10.3. The maximum Gasteiger partial charge on any atom is 0.224 e. The molecular formula is C18H23N9O.